The second-order valence-electron chi connectivity index (χ2n) is 6.48. The van der Waals surface area contributed by atoms with Gasteiger partial charge in [-0.3, -0.25) is 9.59 Å². The van der Waals surface area contributed by atoms with Gasteiger partial charge >= 0.3 is 0 Å². The van der Waals surface area contributed by atoms with E-state index < -0.39 is 0 Å². The highest BCUT2D eigenvalue weighted by molar-refractivity contribution is 5.95. The summed E-state index contributed by atoms with van der Waals surface area (Å²) in [5.41, 5.74) is 5.01. The fourth-order valence-electron chi connectivity index (χ4n) is 3.49. The summed E-state index contributed by atoms with van der Waals surface area (Å²) in [7, 11) is 0. The lowest BCUT2D eigenvalue weighted by Crippen LogP contribution is -2.22. The molecule has 0 bridgehead atoms. The molecular formula is C20H20N2O3. The Morgan fingerprint density at radius 3 is 2.92 bits per heavy atom. The molecule has 5 heteroatoms. The fraction of sp³-hybridized carbons (Fsp3) is 0.300. The van der Waals surface area contributed by atoms with Gasteiger partial charge in [-0.25, -0.2) is 0 Å². The number of carbonyl (C=O) groups is 2. The monoisotopic (exact) mass is 336 g/mol. The summed E-state index contributed by atoms with van der Waals surface area (Å²) in [6.07, 6.45) is 2.18. The van der Waals surface area contributed by atoms with E-state index in [0.29, 0.717) is 25.9 Å². The molecule has 4 rings (SSSR count). The van der Waals surface area contributed by atoms with Crippen LogP contribution in [0.15, 0.2) is 42.5 Å². The Balaban J connectivity index is 1.44. The zero-order chi connectivity index (χ0) is 17.2. The van der Waals surface area contributed by atoms with Crippen molar-refractivity contribution >= 4 is 23.2 Å². The van der Waals surface area contributed by atoms with E-state index >= 15 is 0 Å². The van der Waals surface area contributed by atoms with Gasteiger partial charge in [-0.2, -0.15) is 0 Å². The molecular weight excluding hydrogens is 316 g/mol. The van der Waals surface area contributed by atoms with Crippen molar-refractivity contribution in [2.45, 2.75) is 31.8 Å². The minimum absolute atomic E-state index is 0.0393. The molecule has 0 aliphatic carbocycles. The number of nitrogens with one attached hydrogen (secondary N) is 2. The molecule has 0 saturated heterocycles. The van der Waals surface area contributed by atoms with Crippen molar-refractivity contribution in [2.24, 2.45) is 0 Å². The lowest BCUT2D eigenvalue weighted by atomic mass is 9.95. The first-order valence-corrected chi connectivity index (χ1v) is 8.61. The van der Waals surface area contributed by atoms with Crippen molar-refractivity contribution in [2.75, 3.05) is 17.2 Å². The Morgan fingerprint density at radius 2 is 2.00 bits per heavy atom. The molecule has 2 N–H and O–H groups in total. The number of ether oxygens (including phenoxy) is 1. The van der Waals surface area contributed by atoms with Crippen LogP contribution in [0.1, 0.15) is 35.6 Å². The zero-order valence-electron chi connectivity index (χ0n) is 13.9. The summed E-state index contributed by atoms with van der Waals surface area (Å²) in [5, 5.41) is 5.80. The molecule has 2 heterocycles. The molecule has 0 aromatic heterocycles. The summed E-state index contributed by atoms with van der Waals surface area (Å²) < 4.78 is 5.81. The van der Waals surface area contributed by atoms with E-state index in [9.17, 15) is 9.59 Å². The smallest absolute Gasteiger partial charge is 0.227 e. The van der Waals surface area contributed by atoms with Gasteiger partial charge in [0.2, 0.25) is 11.8 Å². The van der Waals surface area contributed by atoms with Gasteiger partial charge in [0.1, 0.15) is 0 Å². The number of carbonyl (C=O) groups excluding carboxylic acids is 2. The maximum Gasteiger partial charge on any atom is 0.227 e. The lowest BCUT2D eigenvalue weighted by Gasteiger charge is -2.25. The van der Waals surface area contributed by atoms with Crippen molar-refractivity contribution < 1.29 is 14.3 Å². The first-order valence-electron chi connectivity index (χ1n) is 8.61. The van der Waals surface area contributed by atoms with Crippen LogP contribution in [0.4, 0.5) is 11.4 Å². The van der Waals surface area contributed by atoms with E-state index in [0.717, 1.165) is 28.9 Å². The van der Waals surface area contributed by atoms with E-state index in [4.69, 9.17) is 4.74 Å². The Bertz CT molecular complexity index is 831. The number of anilines is 2. The first kappa shape index (κ1) is 15.8. The van der Waals surface area contributed by atoms with Gasteiger partial charge in [0, 0.05) is 17.8 Å². The highest BCUT2D eigenvalue weighted by Crippen LogP contribution is 2.30. The molecule has 2 aromatic rings. The summed E-state index contributed by atoms with van der Waals surface area (Å²) in [4.78, 5) is 23.9. The van der Waals surface area contributed by atoms with Crippen molar-refractivity contribution in [3.8, 4) is 0 Å². The van der Waals surface area contributed by atoms with Crippen molar-refractivity contribution in [3.63, 3.8) is 0 Å². The molecule has 5 nitrogen and oxygen atoms in total. The van der Waals surface area contributed by atoms with E-state index in [1.54, 1.807) is 0 Å². The number of fused-ring (bicyclic) bond motifs is 2. The molecule has 0 spiro atoms. The van der Waals surface area contributed by atoms with E-state index in [2.05, 4.69) is 16.7 Å². The standard InChI is InChI=1S/C20H20N2O3/c23-19-8-5-14-11-15(6-7-17(14)22-19)21-20(24)12-18-16-4-2-1-3-13(16)9-10-25-18/h1-4,6-7,11,18H,5,8-10,12H2,(H,21,24)(H,22,23)/t18-/m1/s1. The number of hydrogen-bond donors (Lipinski definition) is 2. The van der Waals surface area contributed by atoms with Crippen molar-refractivity contribution in [3.05, 3.63) is 59.2 Å². The number of aryl methyl sites for hydroxylation is 1. The van der Waals surface area contributed by atoms with Gasteiger partial charge in [0.15, 0.2) is 0 Å². The van der Waals surface area contributed by atoms with Gasteiger partial charge in [-0.1, -0.05) is 24.3 Å². The number of hydrogen-bond acceptors (Lipinski definition) is 3. The zero-order valence-corrected chi connectivity index (χ0v) is 13.9. The Kier molecular flexibility index (Phi) is 4.24. The highest BCUT2D eigenvalue weighted by Gasteiger charge is 2.23. The fourth-order valence-corrected chi connectivity index (χ4v) is 3.49. The molecule has 2 aliphatic heterocycles. The molecule has 0 fully saturated rings. The molecule has 0 unspecified atom stereocenters. The highest BCUT2D eigenvalue weighted by atomic mass is 16.5. The summed E-state index contributed by atoms with van der Waals surface area (Å²) in [5.74, 6) is -0.0288. The van der Waals surface area contributed by atoms with Crippen molar-refractivity contribution in [1.29, 1.82) is 0 Å². The van der Waals surface area contributed by atoms with Gasteiger partial charge in [-0.15, -0.1) is 0 Å². The van der Waals surface area contributed by atoms with Crippen molar-refractivity contribution in [1.82, 2.24) is 0 Å². The number of benzene rings is 2. The molecule has 0 radical (unpaired) electrons. The first-order chi connectivity index (χ1) is 12.2. The van der Waals surface area contributed by atoms with Crippen LogP contribution >= 0.6 is 0 Å². The van der Waals surface area contributed by atoms with Crippen LogP contribution in [0.2, 0.25) is 0 Å². The molecule has 1 atom stereocenters. The Hall–Kier alpha value is -2.66. The van der Waals surface area contributed by atoms with Crippen LogP contribution < -0.4 is 10.6 Å². The Labute approximate surface area is 146 Å². The summed E-state index contributed by atoms with van der Waals surface area (Å²) in [6.45, 7) is 0.646. The van der Waals surface area contributed by atoms with E-state index in [-0.39, 0.29) is 17.9 Å². The minimum Gasteiger partial charge on any atom is -0.373 e. The van der Waals surface area contributed by atoms with E-state index in [1.807, 2.05) is 36.4 Å². The van der Waals surface area contributed by atoms with Crippen LogP contribution in [0, 0.1) is 0 Å². The summed E-state index contributed by atoms with van der Waals surface area (Å²) in [6, 6.07) is 13.7. The van der Waals surface area contributed by atoms with Crippen LogP contribution in [-0.4, -0.2) is 18.4 Å². The number of rotatable bonds is 3. The third kappa shape index (κ3) is 3.42. The van der Waals surface area contributed by atoms with Crippen LogP contribution in [0.25, 0.3) is 0 Å². The maximum absolute atomic E-state index is 12.4. The normalized spacial score (nSPS) is 18.7. The Morgan fingerprint density at radius 1 is 1.12 bits per heavy atom. The van der Waals surface area contributed by atoms with Gasteiger partial charge < -0.3 is 15.4 Å². The van der Waals surface area contributed by atoms with Gasteiger partial charge in [0.05, 0.1) is 19.1 Å². The SMILES string of the molecule is O=C(C[C@H]1OCCc2ccccc21)Nc1ccc2c(c1)CCC(=O)N2. The minimum atomic E-state index is -0.193. The predicted octanol–water partition coefficient (Wildman–Crippen LogP) is 3.21. The quantitative estimate of drug-likeness (QED) is 0.904. The van der Waals surface area contributed by atoms with Crippen LogP contribution in [0.3, 0.4) is 0 Å². The topological polar surface area (TPSA) is 67.4 Å². The van der Waals surface area contributed by atoms with Crippen LogP contribution in [0.5, 0.6) is 0 Å². The van der Waals surface area contributed by atoms with Crippen LogP contribution in [-0.2, 0) is 27.2 Å². The third-order valence-corrected chi connectivity index (χ3v) is 4.75. The molecule has 25 heavy (non-hydrogen) atoms. The average molecular weight is 336 g/mol. The average Bonchev–Trinajstić information content (AvgIpc) is 2.62. The maximum atomic E-state index is 12.4. The predicted molar refractivity (Wildman–Crippen MR) is 95.5 cm³/mol. The molecule has 0 saturated carbocycles. The van der Waals surface area contributed by atoms with Gasteiger partial charge in [-0.05, 0) is 47.7 Å². The number of amides is 2. The summed E-state index contributed by atoms with van der Waals surface area (Å²) >= 11 is 0. The molecule has 2 aromatic carbocycles. The molecule has 2 amide bonds. The lowest BCUT2D eigenvalue weighted by molar-refractivity contribution is -0.119. The molecule has 128 valence electrons. The largest absolute Gasteiger partial charge is 0.373 e. The second-order valence-corrected chi connectivity index (χ2v) is 6.48. The third-order valence-electron chi connectivity index (χ3n) is 4.75. The van der Waals surface area contributed by atoms with Gasteiger partial charge in [0.25, 0.3) is 0 Å². The second kappa shape index (κ2) is 6.69. The van der Waals surface area contributed by atoms with E-state index in [1.165, 1.54) is 5.56 Å². The molecule has 2 aliphatic rings.